The van der Waals surface area contributed by atoms with Gasteiger partial charge in [0.05, 0.1) is 12.7 Å². The molecule has 0 amide bonds. The van der Waals surface area contributed by atoms with E-state index >= 15 is 0 Å². The van der Waals surface area contributed by atoms with Gasteiger partial charge in [0.25, 0.3) is 0 Å². The van der Waals surface area contributed by atoms with Crippen LogP contribution in [-0.4, -0.2) is 54.4 Å². The summed E-state index contributed by atoms with van der Waals surface area (Å²) in [6, 6.07) is 3.61. The molecule has 0 spiro atoms. The summed E-state index contributed by atoms with van der Waals surface area (Å²) >= 11 is 6.19. The highest BCUT2D eigenvalue weighted by Crippen LogP contribution is 2.33. The molecule has 0 N–H and O–H groups in total. The number of hydrogen-bond acceptors (Lipinski definition) is 7. The second-order valence-corrected chi connectivity index (χ2v) is 6.85. The second-order valence-electron chi connectivity index (χ2n) is 6.50. The number of esters is 1. The molecule has 1 saturated heterocycles. The van der Waals surface area contributed by atoms with E-state index in [-0.39, 0.29) is 5.97 Å². The zero-order chi connectivity index (χ0) is 18.1. The van der Waals surface area contributed by atoms with Gasteiger partial charge in [0.2, 0.25) is 0 Å². The number of halogens is 1. The molecule has 2 aromatic heterocycles. The molecule has 2 aliphatic rings. The van der Waals surface area contributed by atoms with Gasteiger partial charge >= 0.3 is 5.97 Å². The number of methoxy groups -OCH3 is 1. The Bertz CT molecular complexity index is 819. The van der Waals surface area contributed by atoms with Gasteiger partial charge in [-0.2, -0.15) is 0 Å². The molecule has 4 rings (SSSR count). The predicted molar refractivity (Wildman–Crippen MR) is 99.1 cm³/mol. The Morgan fingerprint density at radius 1 is 1.08 bits per heavy atom. The summed E-state index contributed by atoms with van der Waals surface area (Å²) in [6.07, 6.45) is 4.70. The van der Waals surface area contributed by atoms with Crippen LogP contribution in [-0.2, 0) is 17.6 Å². The number of hydrogen-bond donors (Lipinski definition) is 0. The molecule has 3 heterocycles. The lowest BCUT2D eigenvalue weighted by molar-refractivity contribution is 0.0600. The number of pyridine rings is 1. The summed E-state index contributed by atoms with van der Waals surface area (Å²) in [5, 5.41) is 9.06. The van der Waals surface area contributed by atoms with Crippen LogP contribution in [0.15, 0.2) is 18.3 Å². The van der Waals surface area contributed by atoms with Crippen molar-refractivity contribution in [2.45, 2.75) is 19.3 Å². The number of aromatic nitrogens is 3. The minimum Gasteiger partial charge on any atom is -0.465 e. The van der Waals surface area contributed by atoms with E-state index in [0.717, 1.165) is 57.1 Å². The van der Waals surface area contributed by atoms with Crippen LogP contribution in [0, 0.1) is 0 Å². The maximum absolute atomic E-state index is 11.5. The Morgan fingerprint density at radius 2 is 1.81 bits per heavy atom. The van der Waals surface area contributed by atoms with Crippen molar-refractivity contribution < 1.29 is 9.53 Å². The molecule has 0 unspecified atom stereocenters. The summed E-state index contributed by atoms with van der Waals surface area (Å²) in [6.45, 7) is 3.37. The Kier molecular flexibility index (Phi) is 4.63. The number of carbonyl (C=O) groups excluding carboxylic acids is 1. The van der Waals surface area contributed by atoms with E-state index in [4.69, 9.17) is 16.3 Å². The number of rotatable bonds is 3. The first-order chi connectivity index (χ1) is 12.7. The van der Waals surface area contributed by atoms with E-state index in [1.165, 1.54) is 18.2 Å². The van der Waals surface area contributed by atoms with Crippen LogP contribution in [0.4, 0.5) is 11.6 Å². The topological polar surface area (TPSA) is 71.5 Å². The SMILES string of the molecule is COC(=O)c1ccc(N2CCN(c3nnc(Cl)c4c3CCC4)CC2)nc1. The van der Waals surface area contributed by atoms with E-state index in [9.17, 15) is 4.79 Å². The van der Waals surface area contributed by atoms with E-state index in [0.29, 0.717) is 10.7 Å². The first kappa shape index (κ1) is 17.0. The number of fused-ring (bicyclic) bond motifs is 1. The Morgan fingerprint density at radius 3 is 2.50 bits per heavy atom. The highest BCUT2D eigenvalue weighted by Gasteiger charge is 2.26. The van der Waals surface area contributed by atoms with E-state index in [1.807, 2.05) is 6.07 Å². The molecule has 1 aliphatic carbocycles. The molecule has 26 heavy (non-hydrogen) atoms. The quantitative estimate of drug-likeness (QED) is 0.763. The third kappa shape index (κ3) is 3.07. The van der Waals surface area contributed by atoms with Gasteiger partial charge in [-0.05, 0) is 37.0 Å². The molecule has 136 valence electrons. The molecule has 0 bridgehead atoms. The van der Waals surface area contributed by atoms with Gasteiger partial charge in [0.15, 0.2) is 11.0 Å². The average molecular weight is 374 g/mol. The molecular formula is C18H20ClN5O2. The predicted octanol–water partition coefficient (Wildman–Crippen LogP) is 2.13. The van der Waals surface area contributed by atoms with Gasteiger partial charge in [-0.3, -0.25) is 0 Å². The van der Waals surface area contributed by atoms with Crippen LogP contribution in [0.25, 0.3) is 0 Å². The van der Waals surface area contributed by atoms with E-state index in [1.54, 1.807) is 12.3 Å². The lowest BCUT2D eigenvalue weighted by Crippen LogP contribution is -2.47. The molecule has 0 saturated carbocycles. The zero-order valence-corrected chi connectivity index (χ0v) is 15.4. The van der Waals surface area contributed by atoms with Crippen LogP contribution in [0.5, 0.6) is 0 Å². The Labute approximate surface area is 156 Å². The molecule has 1 fully saturated rings. The molecule has 2 aromatic rings. The van der Waals surface area contributed by atoms with E-state index < -0.39 is 0 Å². The number of anilines is 2. The Balaban J connectivity index is 1.45. The molecule has 7 nitrogen and oxygen atoms in total. The largest absolute Gasteiger partial charge is 0.465 e. The zero-order valence-electron chi connectivity index (χ0n) is 14.6. The molecule has 0 atom stereocenters. The normalized spacial score (nSPS) is 16.5. The lowest BCUT2D eigenvalue weighted by atomic mass is 10.1. The van der Waals surface area contributed by atoms with Crippen LogP contribution >= 0.6 is 11.6 Å². The van der Waals surface area contributed by atoms with Crippen molar-refractivity contribution in [2.24, 2.45) is 0 Å². The van der Waals surface area contributed by atoms with Crippen LogP contribution in [0.2, 0.25) is 5.15 Å². The minimum atomic E-state index is -0.371. The third-order valence-electron chi connectivity index (χ3n) is 5.04. The second kappa shape index (κ2) is 7.07. The molecular weight excluding hydrogens is 354 g/mol. The standard InChI is InChI=1S/C18H20ClN5O2/c1-26-18(25)12-5-6-15(20-11-12)23-7-9-24(10-8-23)17-14-4-2-3-13(14)16(19)21-22-17/h5-6,11H,2-4,7-10H2,1H3. The number of nitrogens with zero attached hydrogens (tertiary/aromatic N) is 5. The summed E-state index contributed by atoms with van der Waals surface area (Å²) in [5.74, 6) is 1.48. The van der Waals surface area contributed by atoms with Crippen molar-refractivity contribution in [2.75, 3.05) is 43.1 Å². The smallest absolute Gasteiger partial charge is 0.339 e. The average Bonchev–Trinajstić information content (AvgIpc) is 3.19. The molecule has 0 aromatic carbocycles. The first-order valence-electron chi connectivity index (χ1n) is 8.75. The van der Waals surface area contributed by atoms with Crippen molar-refractivity contribution in [3.63, 3.8) is 0 Å². The third-order valence-corrected chi connectivity index (χ3v) is 5.35. The monoisotopic (exact) mass is 373 g/mol. The van der Waals surface area contributed by atoms with Gasteiger partial charge in [-0.15, -0.1) is 10.2 Å². The van der Waals surface area contributed by atoms with Gasteiger partial charge in [-0.1, -0.05) is 11.6 Å². The van der Waals surface area contributed by atoms with Crippen molar-refractivity contribution in [1.29, 1.82) is 0 Å². The fraction of sp³-hybridized carbons (Fsp3) is 0.444. The molecule has 0 radical (unpaired) electrons. The fourth-order valence-electron chi connectivity index (χ4n) is 3.64. The number of carbonyl (C=O) groups is 1. The molecule has 1 aliphatic heterocycles. The highest BCUT2D eigenvalue weighted by molar-refractivity contribution is 6.30. The number of piperazine rings is 1. The van der Waals surface area contributed by atoms with Crippen molar-refractivity contribution in [3.8, 4) is 0 Å². The van der Waals surface area contributed by atoms with Crippen LogP contribution in [0.3, 0.4) is 0 Å². The number of ether oxygens (including phenoxy) is 1. The van der Waals surface area contributed by atoms with Crippen LogP contribution in [0.1, 0.15) is 27.9 Å². The van der Waals surface area contributed by atoms with Crippen molar-refractivity contribution in [3.05, 3.63) is 40.2 Å². The van der Waals surface area contributed by atoms with Crippen molar-refractivity contribution >= 4 is 29.2 Å². The van der Waals surface area contributed by atoms with Crippen LogP contribution < -0.4 is 9.80 Å². The maximum Gasteiger partial charge on any atom is 0.339 e. The van der Waals surface area contributed by atoms with Gasteiger partial charge in [-0.25, -0.2) is 9.78 Å². The fourth-order valence-corrected chi connectivity index (χ4v) is 3.89. The molecule has 8 heteroatoms. The van der Waals surface area contributed by atoms with Gasteiger partial charge in [0, 0.05) is 37.9 Å². The summed E-state index contributed by atoms with van der Waals surface area (Å²) in [4.78, 5) is 20.4. The summed E-state index contributed by atoms with van der Waals surface area (Å²) in [5.41, 5.74) is 2.89. The van der Waals surface area contributed by atoms with E-state index in [2.05, 4.69) is 25.0 Å². The lowest BCUT2D eigenvalue weighted by Gasteiger charge is -2.36. The first-order valence-corrected chi connectivity index (χ1v) is 9.13. The van der Waals surface area contributed by atoms with Gasteiger partial charge < -0.3 is 14.5 Å². The van der Waals surface area contributed by atoms with Crippen molar-refractivity contribution in [1.82, 2.24) is 15.2 Å². The summed E-state index contributed by atoms with van der Waals surface area (Å²) in [7, 11) is 1.37. The summed E-state index contributed by atoms with van der Waals surface area (Å²) < 4.78 is 4.71. The van der Waals surface area contributed by atoms with Gasteiger partial charge in [0.1, 0.15) is 5.82 Å². The highest BCUT2D eigenvalue weighted by atomic mass is 35.5. The minimum absolute atomic E-state index is 0.371. The Hall–Kier alpha value is -2.41. The maximum atomic E-state index is 11.5.